The molecule has 3 nitrogen and oxygen atoms in total. The van der Waals surface area contributed by atoms with Crippen molar-refractivity contribution in [3.63, 3.8) is 0 Å². The highest BCUT2D eigenvalue weighted by atomic mass is 16.5. The van der Waals surface area contributed by atoms with Crippen molar-refractivity contribution < 1.29 is 4.74 Å². The fourth-order valence-corrected chi connectivity index (χ4v) is 2.38. The molecular formula is C16H22N2O. The summed E-state index contributed by atoms with van der Waals surface area (Å²) >= 11 is 0. The highest BCUT2D eigenvalue weighted by Crippen LogP contribution is 2.21. The maximum Gasteiger partial charge on any atom is 0.0839 e. The number of hydrogen-bond donors (Lipinski definition) is 0. The molecular weight excluding hydrogens is 236 g/mol. The highest BCUT2D eigenvalue weighted by Gasteiger charge is 2.18. The Hall–Kier alpha value is -1.37. The third kappa shape index (κ3) is 3.79. The second kappa shape index (κ2) is 6.70. The molecule has 0 saturated carbocycles. The molecule has 0 aromatic heterocycles. The van der Waals surface area contributed by atoms with Gasteiger partial charge in [-0.2, -0.15) is 5.26 Å². The molecule has 0 aliphatic carbocycles. The first-order chi connectivity index (χ1) is 9.20. The van der Waals surface area contributed by atoms with Gasteiger partial charge >= 0.3 is 0 Å². The highest BCUT2D eigenvalue weighted by molar-refractivity contribution is 5.30. The summed E-state index contributed by atoms with van der Waals surface area (Å²) in [6.07, 6.45) is 0. The van der Waals surface area contributed by atoms with Crippen LogP contribution in [0.5, 0.6) is 0 Å². The van der Waals surface area contributed by atoms with Gasteiger partial charge < -0.3 is 4.74 Å². The molecule has 0 radical (unpaired) electrons. The van der Waals surface area contributed by atoms with Crippen LogP contribution < -0.4 is 0 Å². The SMILES string of the molecule is CC(C)c1ccc(C(C#N)CN2CCOCC2)cc1. The lowest BCUT2D eigenvalue weighted by atomic mass is 9.95. The molecule has 1 fully saturated rings. The summed E-state index contributed by atoms with van der Waals surface area (Å²) in [5.41, 5.74) is 2.45. The van der Waals surface area contributed by atoms with Crippen LogP contribution in [0.3, 0.4) is 0 Å². The largest absolute Gasteiger partial charge is 0.379 e. The molecule has 1 aliphatic heterocycles. The van der Waals surface area contributed by atoms with Gasteiger partial charge in [0.15, 0.2) is 0 Å². The number of morpholine rings is 1. The predicted octanol–water partition coefficient (Wildman–Crippen LogP) is 2.75. The van der Waals surface area contributed by atoms with E-state index in [1.165, 1.54) is 5.56 Å². The van der Waals surface area contributed by atoms with Crippen molar-refractivity contribution in [1.29, 1.82) is 5.26 Å². The van der Waals surface area contributed by atoms with Gasteiger partial charge in [0, 0.05) is 19.6 Å². The smallest absolute Gasteiger partial charge is 0.0839 e. The summed E-state index contributed by atoms with van der Waals surface area (Å²) in [4.78, 5) is 2.31. The number of nitriles is 1. The number of ether oxygens (including phenoxy) is 1. The first-order valence-corrected chi connectivity index (χ1v) is 7.00. The average Bonchev–Trinajstić information content (AvgIpc) is 2.46. The van der Waals surface area contributed by atoms with Gasteiger partial charge in [0.2, 0.25) is 0 Å². The molecule has 0 bridgehead atoms. The molecule has 1 aromatic rings. The molecule has 0 spiro atoms. The van der Waals surface area contributed by atoms with Crippen molar-refractivity contribution in [2.45, 2.75) is 25.7 Å². The quantitative estimate of drug-likeness (QED) is 0.833. The standard InChI is InChI=1S/C16H22N2O/c1-13(2)14-3-5-15(6-4-14)16(11-17)12-18-7-9-19-10-8-18/h3-6,13,16H,7-10,12H2,1-2H3. The van der Waals surface area contributed by atoms with E-state index in [2.05, 4.69) is 49.1 Å². The van der Waals surface area contributed by atoms with Crippen molar-refractivity contribution in [3.05, 3.63) is 35.4 Å². The Kier molecular flexibility index (Phi) is 4.95. The van der Waals surface area contributed by atoms with Crippen LogP contribution in [-0.4, -0.2) is 37.7 Å². The van der Waals surface area contributed by atoms with Crippen LogP contribution >= 0.6 is 0 Å². The monoisotopic (exact) mass is 258 g/mol. The minimum absolute atomic E-state index is 0.0423. The molecule has 3 heteroatoms. The van der Waals surface area contributed by atoms with E-state index in [-0.39, 0.29) is 5.92 Å². The molecule has 1 heterocycles. The topological polar surface area (TPSA) is 36.3 Å². The second-order valence-electron chi connectivity index (χ2n) is 5.42. The van der Waals surface area contributed by atoms with Crippen molar-refractivity contribution in [2.24, 2.45) is 0 Å². The Bertz CT molecular complexity index is 427. The van der Waals surface area contributed by atoms with Gasteiger partial charge in [-0.15, -0.1) is 0 Å². The van der Waals surface area contributed by atoms with Crippen LogP contribution in [0.2, 0.25) is 0 Å². The summed E-state index contributed by atoms with van der Waals surface area (Å²) in [5, 5.41) is 9.38. The lowest BCUT2D eigenvalue weighted by Crippen LogP contribution is -2.38. The molecule has 19 heavy (non-hydrogen) atoms. The number of hydrogen-bond acceptors (Lipinski definition) is 3. The fourth-order valence-electron chi connectivity index (χ4n) is 2.38. The summed E-state index contributed by atoms with van der Waals surface area (Å²) < 4.78 is 5.34. The van der Waals surface area contributed by atoms with E-state index in [4.69, 9.17) is 4.74 Å². The van der Waals surface area contributed by atoms with E-state index in [1.807, 2.05) is 0 Å². The minimum Gasteiger partial charge on any atom is -0.379 e. The molecule has 1 aliphatic rings. The minimum atomic E-state index is -0.0423. The van der Waals surface area contributed by atoms with E-state index in [9.17, 15) is 5.26 Å². The van der Waals surface area contributed by atoms with Gasteiger partial charge in [0.1, 0.15) is 0 Å². The van der Waals surface area contributed by atoms with Gasteiger partial charge in [-0.05, 0) is 17.0 Å². The fraction of sp³-hybridized carbons (Fsp3) is 0.562. The van der Waals surface area contributed by atoms with Crippen molar-refractivity contribution in [2.75, 3.05) is 32.8 Å². The Morgan fingerprint density at radius 2 is 1.74 bits per heavy atom. The number of benzene rings is 1. The van der Waals surface area contributed by atoms with E-state index in [0.717, 1.165) is 38.4 Å². The van der Waals surface area contributed by atoms with Crippen molar-refractivity contribution in [3.8, 4) is 6.07 Å². The summed E-state index contributed by atoms with van der Waals surface area (Å²) in [5.74, 6) is 0.494. The van der Waals surface area contributed by atoms with Gasteiger partial charge in [0.05, 0.1) is 25.2 Å². The van der Waals surface area contributed by atoms with Gasteiger partial charge in [0.25, 0.3) is 0 Å². The maximum absolute atomic E-state index is 9.38. The Morgan fingerprint density at radius 3 is 2.26 bits per heavy atom. The van der Waals surface area contributed by atoms with Gasteiger partial charge in [-0.25, -0.2) is 0 Å². The first-order valence-electron chi connectivity index (χ1n) is 7.00. The molecule has 1 saturated heterocycles. The van der Waals surface area contributed by atoms with E-state index in [1.54, 1.807) is 0 Å². The molecule has 2 rings (SSSR count). The Labute approximate surface area is 115 Å². The lowest BCUT2D eigenvalue weighted by molar-refractivity contribution is 0.0370. The van der Waals surface area contributed by atoms with Crippen LogP contribution in [0.15, 0.2) is 24.3 Å². The Balaban J connectivity index is 2.02. The van der Waals surface area contributed by atoms with Crippen LogP contribution in [0, 0.1) is 11.3 Å². The zero-order valence-electron chi connectivity index (χ0n) is 11.8. The summed E-state index contributed by atoms with van der Waals surface area (Å²) in [6.45, 7) is 8.61. The summed E-state index contributed by atoms with van der Waals surface area (Å²) in [7, 11) is 0. The zero-order valence-corrected chi connectivity index (χ0v) is 11.8. The van der Waals surface area contributed by atoms with E-state index < -0.39 is 0 Å². The normalized spacial score (nSPS) is 18.2. The van der Waals surface area contributed by atoms with Gasteiger partial charge in [-0.3, -0.25) is 4.90 Å². The molecule has 1 unspecified atom stereocenters. The first kappa shape index (κ1) is 14.0. The number of rotatable bonds is 4. The third-order valence-corrected chi connectivity index (χ3v) is 3.71. The van der Waals surface area contributed by atoms with Crippen LogP contribution in [0.4, 0.5) is 0 Å². The van der Waals surface area contributed by atoms with E-state index in [0.29, 0.717) is 5.92 Å². The Morgan fingerprint density at radius 1 is 1.16 bits per heavy atom. The third-order valence-electron chi connectivity index (χ3n) is 3.71. The zero-order chi connectivity index (χ0) is 13.7. The van der Waals surface area contributed by atoms with Gasteiger partial charge in [-0.1, -0.05) is 38.1 Å². The lowest BCUT2D eigenvalue weighted by Gasteiger charge is -2.28. The summed E-state index contributed by atoms with van der Waals surface area (Å²) in [6, 6.07) is 10.9. The molecule has 0 amide bonds. The number of nitrogens with zero attached hydrogens (tertiary/aromatic N) is 2. The molecule has 0 N–H and O–H groups in total. The van der Waals surface area contributed by atoms with E-state index >= 15 is 0 Å². The molecule has 1 atom stereocenters. The molecule has 1 aromatic carbocycles. The average molecular weight is 258 g/mol. The van der Waals surface area contributed by atoms with Crippen molar-refractivity contribution >= 4 is 0 Å². The molecule has 102 valence electrons. The van der Waals surface area contributed by atoms with Crippen LogP contribution in [0.25, 0.3) is 0 Å². The van der Waals surface area contributed by atoms with Crippen LogP contribution in [0.1, 0.15) is 36.8 Å². The van der Waals surface area contributed by atoms with Crippen LogP contribution in [-0.2, 0) is 4.74 Å². The maximum atomic E-state index is 9.38. The predicted molar refractivity (Wildman–Crippen MR) is 76.1 cm³/mol. The second-order valence-corrected chi connectivity index (χ2v) is 5.42. The van der Waals surface area contributed by atoms with Crippen molar-refractivity contribution in [1.82, 2.24) is 4.90 Å².